The van der Waals surface area contributed by atoms with Crippen molar-refractivity contribution >= 4 is 22.9 Å². The highest BCUT2D eigenvalue weighted by molar-refractivity contribution is 7.09. The lowest BCUT2D eigenvalue weighted by atomic mass is 10.1. The Bertz CT molecular complexity index is 325. The van der Waals surface area contributed by atoms with Crippen molar-refractivity contribution in [2.75, 3.05) is 6.54 Å². The van der Waals surface area contributed by atoms with Crippen LogP contribution in [0.15, 0.2) is 5.38 Å². The van der Waals surface area contributed by atoms with Gasteiger partial charge in [-0.05, 0) is 33.2 Å². The SMILES string of the molecule is CCCN(C(C)C)C(CC)c1nc(CCl)cs1. The summed E-state index contributed by atoms with van der Waals surface area (Å²) in [5.41, 5.74) is 1.00. The second kappa shape index (κ2) is 7.34. The van der Waals surface area contributed by atoms with E-state index >= 15 is 0 Å². The lowest BCUT2D eigenvalue weighted by Crippen LogP contribution is -2.35. The van der Waals surface area contributed by atoms with E-state index in [1.54, 1.807) is 11.3 Å². The van der Waals surface area contributed by atoms with E-state index in [-0.39, 0.29) is 0 Å². The first-order chi connectivity index (χ1) is 8.13. The molecule has 1 unspecified atom stereocenters. The molecule has 1 aromatic rings. The first-order valence-electron chi connectivity index (χ1n) is 6.39. The van der Waals surface area contributed by atoms with Gasteiger partial charge in [-0.3, -0.25) is 4.90 Å². The molecule has 0 saturated heterocycles. The van der Waals surface area contributed by atoms with Crippen LogP contribution >= 0.6 is 22.9 Å². The molecule has 1 aromatic heterocycles. The lowest BCUT2D eigenvalue weighted by molar-refractivity contribution is 0.148. The van der Waals surface area contributed by atoms with Crippen molar-refractivity contribution in [3.05, 3.63) is 16.1 Å². The van der Waals surface area contributed by atoms with Gasteiger partial charge >= 0.3 is 0 Å². The monoisotopic (exact) mass is 274 g/mol. The van der Waals surface area contributed by atoms with Crippen molar-refractivity contribution in [1.82, 2.24) is 9.88 Å². The average molecular weight is 275 g/mol. The van der Waals surface area contributed by atoms with Crippen molar-refractivity contribution in [2.45, 2.75) is 58.5 Å². The van der Waals surface area contributed by atoms with Crippen molar-refractivity contribution in [3.63, 3.8) is 0 Å². The predicted molar refractivity (Wildman–Crippen MR) is 76.8 cm³/mol. The summed E-state index contributed by atoms with van der Waals surface area (Å²) in [6.45, 7) is 10.1. The Balaban J connectivity index is 2.87. The van der Waals surface area contributed by atoms with Crippen molar-refractivity contribution < 1.29 is 0 Å². The molecular weight excluding hydrogens is 252 g/mol. The third-order valence-electron chi connectivity index (χ3n) is 2.92. The summed E-state index contributed by atoms with van der Waals surface area (Å²) < 4.78 is 0. The van der Waals surface area contributed by atoms with Crippen molar-refractivity contribution in [3.8, 4) is 0 Å². The number of halogens is 1. The van der Waals surface area contributed by atoms with E-state index in [9.17, 15) is 0 Å². The van der Waals surface area contributed by atoms with Crippen LogP contribution in [-0.4, -0.2) is 22.5 Å². The summed E-state index contributed by atoms with van der Waals surface area (Å²) in [6.07, 6.45) is 2.29. The highest BCUT2D eigenvalue weighted by Gasteiger charge is 2.23. The van der Waals surface area contributed by atoms with Crippen LogP contribution in [0.2, 0.25) is 0 Å². The number of hydrogen-bond acceptors (Lipinski definition) is 3. The Kier molecular flexibility index (Phi) is 6.45. The maximum absolute atomic E-state index is 5.82. The summed E-state index contributed by atoms with van der Waals surface area (Å²) in [7, 11) is 0. The quantitative estimate of drug-likeness (QED) is 0.683. The minimum Gasteiger partial charge on any atom is -0.292 e. The highest BCUT2D eigenvalue weighted by Crippen LogP contribution is 2.29. The van der Waals surface area contributed by atoms with Gasteiger partial charge in [-0.25, -0.2) is 4.98 Å². The Morgan fingerprint density at radius 2 is 2.12 bits per heavy atom. The molecule has 0 aliphatic carbocycles. The number of alkyl halides is 1. The molecule has 0 aliphatic rings. The molecule has 17 heavy (non-hydrogen) atoms. The van der Waals surface area contributed by atoms with Crippen LogP contribution in [0.4, 0.5) is 0 Å². The van der Waals surface area contributed by atoms with E-state index in [1.165, 1.54) is 11.4 Å². The maximum atomic E-state index is 5.82. The van der Waals surface area contributed by atoms with Crippen LogP contribution in [0, 0.1) is 0 Å². The molecule has 4 heteroatoms. The molecule has 98 valence electrons. The Morgan fingerprint density at radius 1 is 1.41 bits per heavy atom. The van der Waals surface area contributed by atoms with Gasteiger partial charge in [0.25, 0.3) is 0 Å². The summed E-state index contributed by atoms with van der Waals surface area (Å²) in [5.74, 6) is 0.516. The normalized spacial score (nSPS) is 13.6. The second-order valence-electron chi connectivity index (χ2n) is 4.57. The fourth-order valence-electron chi connectivity index (χ4n) is 2.12. The smallest absolute Gasteiger partial charge is 0.110 e. The molecule has 0 radical (unpaired) electrons. The van der Waals surface area contributed by atoms with Crippen LogP contribution in [0.5, 0.6) is 0 Å². The third-order valence-corrected chi connectivity index (χ3v) is 4.19. The zero-order chi connectivity index (χ0) is 12.8. The summed E-state index contributed by atoms with van der Waals surface area (Å²) in [5, 5.41) is 3.29. The molecule has 0 saturated carbocycles. The molecule has 1 rings (SSSR count). The number of rotatable bonds is 7. The summed E-state index contributed by atoms with van der Waals surface area (Å²) in [6, 6.07) is 1.00. The second-order valence-corrected chi connectivity index (χ2v) is 5.72. The Morgan fingerprint density at radius 3 is 2.53 bits per heavy atom. The fraction of sp³-hybridized carbons (Fsp3) is 0.769. The van der Waals surface area contributed by atoms with Gasteiger partial charge in [0, 0.05) is 11.4 Å². The molecule has 0 bridgehead atoms. The highest BCUT2D eigenvalue weighted by atomic mass is 35.5. The van der Waals surface area contributed by atoms with Crippen LogP contribution in [0.1, 0.15) is 57.3 Å². The van der Waals surface area contributed by atoms with Gasteiger partial charge in [0.2, 0.25) is 0 Å². The molecule has 0 fully saturated rings. The van der Waals surface area contributed by atoms with E-state index in [0.717, 1.165) is 18.7 Å². The largest absolute Gasteiger partial charge is 0.292 e. The van der Waals surface area contributed by atoms with Crippen LogP contribution < -0.4 is 0 Å². The molecule has 0 N–H and O–H groups in total. The maximum Gasteiger partial charge on any atom is 0.110 e. The van der Waals surface area contributed by atoms with E-state index in [4.69, 9.17) is 11.6 Å². The average Bonchev–Trinajstić information content (AvgIpc) is 2.77. The van der Waals surface area contributed by atoms with Gasteiger partial charge < -0.3 is 0 Å². The van der Waals surface area contributed by atoms with E-state index in [0.29, 0.717) is 18.0 Å². The first kappa shape index (κ1) is 14.9. The van der Waals surface area contributed by atoms with E-state index in [2.05, 4.69) is 43.0 Å². The lowest BCUT2D eigenvalue weighted by Gasteiger charge is -2.33. The van der Waals surface area contributed by atoms with Gasteiger partial charge in [0.1, 0.15) is 5.01 Å². The van der Waals surface area contributed by atoms with Crippen molar-refractivity contribution in [2.24, 2.45) is 0 Å². The number of aromatic nitrogens is 1. The minimum atomic E-state index is 0.442. The molecule has 2 nitrogen and oxygen atoms in total. The van der Waals surface area contributed by atoms with Crippen LogP contribution in [0.25, 0.3) is 0 Å². The van der Waals surface area contributed by atoms with Gasteiger partial charge in [-0.2, -0.15) is 0 Å². The molecular formula is C13H23ClN2S. The predicted octanol–water partition coefficient (Wildman–Crippen LogP) is 4.45. The van der Waals surface area contributed by atoms with Crippen LogP contribution in [-0.2, 0) is 5.88 Å². The van der Waals surface area contributed by atoms with E-state index in [1.807, 2.05) is 0 Å². The van der Waals surface area contributed by atoms with E-state index < -0.39 is 0 Å². The van der Waals surface area contributed by atoms with Crippen LogP contribution in [0.3, 0.4) is 0 Å². The Hall–Kier alpha value is -0.120. The topological polar surface area (TPSA) is 16.1 Å². The minimum absolute atomic E-state index is 0.442. The summed E-state index contributed by atoms with van der Waals surface area (Å²) in [4.78, 5) is 7.17. The standard InChI is InChI=1S/C13H23ClN2S/c1-5-7-16(10(3)4)12(6-2)13-15-11(8-14)9-17-13/h9-10,12H,5-8H2,1-4H3. The molecule has 1 atom stereocenters. The fourth-order valence-corrected chi connectivity index (χ4v) is 3.37. The van der Waals surface area contributed by atoms with Gasteiger partial charge in [0.15, 0.2) is 0 Å². The first-order valence-corrected chi connectivity index (χ1v) is 7.81. The molecule has 1 heterocycles. The number of nitrogens with zero attached hydrogens (tertiary/aromatic N) is 2. The zero-order valence-electron chi connectivity index (χ0n) is 11.2. The van der Waals surface area contributed by atoms with Crippen molar-refractivity contribution in [1.29, 1.82) is 0 Å². The molecule has 0 amide bonds. The van der Waals surface area contributed by atoms with Gasteiger partial charge in [-0.15, -0.1) is 22.9 Å². The van der Waals surface area contributed by atoms with Gasteiger partial charge in [-0.1, -0.05) is 13.8 Å². The van der Waals surface area contributed by atoms with Gasteiger partial charge in [0.05, 0.1) is 17.6 Å². The molecule has 0 aliphatic heterocycles. The third kappa shape index (κ3) is 3.94. The Labute approximate surface area is 114 Å². The number of thiazole rings is 1. The zero-order valence-corrected chi connectivity index (χ0v) is 12.8. The molecule has 0 aromatic carbocycles. The number of hydrogen-bond donors (Lipinski definition) is 0. The summed E-state index contributed by atoms with van der Waals surface area (Å²) >= 11 is 7.56. The molecule has 0 spiro atoms.